The van der Waals surface area contributed by atoms with Gasteiger partial charge in [-0.15, -0.1) is 0 Å². The summed E-state index contributed by atoms with van der Waals surface area (Å²) in [6, 6.07) is 9.43. The average Bonchev–Trinajstić information content (AvgIpc) is 2.41. The van der Waals surface area contributed by atoms with E-state index in [1.54, 1.807) is 24.3 Å². The van der Waals surface area contributed by atoms with Gasteiger partial charge in [-0.2, -0.15) is 0 Å². The molecular weight excluding hydrogens is 277 g/mol. The highest BCUT2D eigenvalue weighted by molar-refractivity contribution is 6.05. The fourth-order valence-corrected chi connectivity index (χ4v) is 1.73. The molecule has 0 spiro atoms. The quantitative estimate of drug-likeness (QED) is 0.652. The van der Waals surface area contributed by atoms with Gasteiger partial charge in [-0.1, -0.05) is 18.2 Å². The fourth-order valence-electron chi connectivity index (χ4n) is 1.73. The topological polar surface area (TPSA) is 104 Å². The first-order valence-electron chi connectivity index (χ1n) is 5.93. The lowest BCUT2D eigenvalue weighted by Gasteiger charge is -2.11. The summed E-state index contributed by atoms with van der Waals surface area (Å²) < 4.78 is 13.5. The van der Waals surface area contributed by atoms with Gasteiger partial charge in [0.1, 0.15) is 11.4 Å². The lowest BCUT2D eigenvalue weighted by Crippen LogP contribution is -2.22. The van der Waals surface area contributed by atoms with Gasteiger partial charge in [0, 0.05) is 0 Å². The second-order valence-corrected chi connectivity index (χ2v) is 4.13. The van der Waals surface area contributed by atoms with E-state index >= 15 is 0 Å². The summed E-state index contributed by atoms with van der Waals surface area (Å²) in [6.07, 6.45) is 0. The first-order chi connectivity index (χ1) is 9.99. The van der Waals surface area contributed by atoms with Crippen LogP contribution in [0.5, 0.6) is 0 Å². The molecule has 2 aromatic rings. The number of carboxylic acids is 1. The highest BCUT2D eigenvalue weighted by Gasteiger charge is 2.17. The van der Waals surface area contributed by atoms with Crippen molar-refractivity contribution in [3.63, 3.8) is 0 Å². The van der Waals surface area contributed by atoms with Crippen LogP contribution >= 0.6 is 0 Å². The van der Waals surface area contributed by atoms with Crippen molar-refractivity contribution in [1.29, 1.82) is 0 Å². The number of urea groups is 1. The molecule has 0 aromatic heterocycles. The zero-order valence-corrected chi connectivity index (χ0v) is 10.8. The van der Waals surface area contributed by atoms with Crippen molar-refractivity contribution < 1.29 is 19.1 Å². The summed E-state index contributed by atoms with van der Waals surface area (Å²) in [5.41, 5.74) is 5.64. The van der Waals surface area contributed by atoms with Gasteiger partial charge < -0.3 is 21.5 Å². The van der Waals surface area contributed by atoms with E-state index in [0.717, 1.165) is 6.07 Å². The van der Waals surface area contributed by atoms with E-state index in [0.29, 0.717) is 11.4 Å². The molecule has 0 atom stereocenters. The summed E-state index contributed by atoms with van der Waals surface area (Å²) in [4.78, 5) is 22.8. The van der Waals surface area contributed by atoms with Crippen molar-refractivity contribution in [1.82, 2.24) is 0 Å². The molecular formula is C14H12FN3O3. The molecule has 0 saturated carbocycles. The largest absolute Gasteiger partial charge is 0.478 e. The highest BCUT2D eigenvalue weighted by atomic mass is 19.1. The van der Waals surface area contributed by atoms with Crippen molar-refractivity contribution in [2.75, 3.05) is 16.4 Å². The van der Waals surface area contributed by atoms with E-state index in [4.69, 9.17) is 10.8 Å². The van der Waals surface area contributed by atoms with Crippen molar-refractivity contribution in [2.24, 2.45) is 0 Å². The SMILES string of the molecule is Nc1ccccc1NC(=O)Nc1cccc(F)c1C(=O)O. The van der Waals surface area contributed by atoms with E-state index in [-0.39, 0.29) is 5.69 Å². The number of para-hydroxylation sites is 2. The number of nitrogens with one attached hydrogen (secondary N) is 2. The average molecular weight is 289 g/mol. The fraction of sp³-hybridized carbons (Fsp3) is 0. The molecule has 0 aliphatic rings. The van der Waals surface area contributed by atoms with E-state index in [2.05, 4.69) is 10.6 Å². The van der Waals surface area contributed by atoms with E-state index < -0.39 is 23.4 Å². The van der Waals surface area contributed by atoms with Crippen LogP contribution in [0.2, 0.25) is 0 Å². The summed E-state index contributed by atoms with van der Waals surface area (Å²) in [7, 11) is 0. The maximum Gasteiger partial charge on any atom is 0.340 e. The number of hydrogen-bond acceptors (Lipinski definition) is 3. The molecule has 21 heavy (non-hydrogen) atoms. The van der Waals surface area contributed by atoms with Crippen molar-refractivity contribution in [2.45, 2.75) is 0 Å². The van der Waals surface area contributed by atoms with Gasteiger partial charge in [-0.05, 0) is 24.3 Å². The minimum Gasteiger partial charge on any atom is -0.478 e. The zero-order valence-electron chi connectivity index (χ0n) is 10.8. The predicted molar refractivity (Wildman–Crippen MR) is 76.9 cm³/mol. The van der Waals surface area contributed by atoms with Crippen LogP contribution in [0.3, 0.4) is 0 Å². The molecule has 108 valence electrons. The number of hydrogen-bond donors (Lipinski definition) is 4. The Bertz CT molecular complexity index is 704. The van der Waals surface area contributed by atoms with Crippen LogP contribution in [-0.2, 0) is 0 Å². The molecule has 0 radical (unpaired) electrons. The maximum atomic E-state index is 13.5. The van der Waals surface area contributed by atoms with Gasteiger partial charge in [0.15, 0.2) is 0 Å². The van der Waals surface area contributed by atoms with Crippen LogP contribution < -0.4 is 16.4 Å². The Morgan fingerprint density at radius 2 is 1.62 bits per heavy atom. The van der Waals surface area contributed by atoms with Gasteiger partial charge in [-0.25, -0.2) is 14.0 Å². The molecule has 0 aliphatic carbocycles. The Kier molecular flexibility index (Phi) is 4.03. The number of nitrogen functional groups attached to an aromatic ring is 1. The van der Waals surface area contributed by atoms with Crippen LogP contribution in [0.25, 0.3) is 0 Å². The third-order valence-electron chi connectivity index (χ3n) is 2.68. The molecule has 0 saturated heterocycles. The Hall–Kier alpha value is -3.09. The van der Waals surface area contributed by atoms with E-state index in [9.17, 15) is 14.0 Å². The van der Waals surface area contributed by atoms with E-state index in [1.165, 1.54) is 12.1 Å². The second-order valence-electron chi connectivity index (χ2n) is 4.13. The van der Waals surface area contributed by atoms with Gasteiger partial charge in [0.2, 0.25) is 0 Å². The number of halogens is 1. The number of benzene rings is 2. The number of carboxylic acid groups (broad SMARTS) is 1. The van der Waals surface area contributed by atoms with Crippen LogP contribution in [0.1, 0.15) is 10.4 Å². The molecule has 0 aliphatic heterocycles. The van der Waals surface area contributed by atoms with Gasteiger partial charge >= 0.3 is 12.0 Å². The lowest BCUT2D eigenvalue weighted by molar-refractivity contribution is 0.0693. The van der Waals surface area contributed by atoms with Crippen LogP contribution in [0.4, 0.5) is 26.2 Å². The number of aromatic carboxylic acids is 1. The number of rotatable bonds is 3. The second kappa shape index (κ2) is 5.91. The number of amides is 2. The highest BCUT2D eigenvalue weighted by Crippen LogP contribution is 2.20. The van der Waals surface area contributed by atoms with Crippen molar-refractivity contribution in [3.05, 3.63) is 53.8 Å². The molecule has 2 amide bonds. The van der Waals surface area contributed by atoms with Crippen LogP contribution in [0, 0.1) is 5.82 Å². The molecule has 2 aromatic carbocycles. The number of carbonyl (C=O) groups is 2. The van der Waals surface area contributed by atoms with E-state index in [1.807, 2.05) is 0 Å². The molecule has 5 N–H and O–H groups in total. The maximum absolute atomic E-state index is 13.5. The smallest absolute Gasteiger partial charge is 0.340 e. The molecule has 2 rings (SSSR count). The van der Waals surface area contributed by atoms with Crippen LogP contribution in [0.15, 0.2) is 42.5 Å². The molecule has 0 heterocycles. The third-order valence-corrected chi connectivity index (χ3v) is 2.68. The van der Waals surface area contributed by atoms with Gasteiger partial charge in [0.25, 0.3) is 0 Å². The van der Waals surface area contributed by atoms with Crippen molar-refractivity contribution >= 4 is 29.1 Å². The predicted octanol–water partition coefficient (Wildman–Crippen LogP) is 2.75. The number of nitrogens with two attached hydrogens (primary N) is 1. The Labute approximate surface area is 119 Å². The number of carbonyl (C=O) groups excluding carboxylic acids is 1. The molecule has 0 bridgehead atoms. The molecule has 7 heteroatoms. The van der Waals surface area contributed by atoms with Crippen LogP contribution in [-0.4, -0.2) is 17.1 Å². The summed E-state index contributed by atoms with van der Waals surface area (Å²) in [6.45, 7) is 0. The van der Waals surface area contributed by atoms with Gasteiger partial charge in [-0.3, -0.25) is 0 Å². The minimum absolute atomic E-state index is 0.144. The molecule has 0 fully saturated rings. The Morgan fingerprint density at radius 3 is 2.29 bits per heavy atom. The standard InChI is InChI=1S/C14H12FN3O3/c15-8-4-3-7-11(12(8)13(19)20)18-14(21)17-10-6-2-1-5-9(10)16/h1-7H,16H2,(H,19,20)(H2,17,18,21). The monoisotopic (exact) mass is 289 g/mol. The number of anilines is 3. The first kappa shape index (κ1) is 14.3. The molecule has 6 nitrogen and oxygen atoms in total. The third kappa shape index (κ3) is 3.27. The zero-order chi connectivity index (χ0) is 15.4. The molecule has 0 unspecified atom stereocenters. The van der Waals surface area contributed by atoms with Gasteiger partial charge in [0.05, 0.1) is 17.1 Å². The normalized spacial score (nSPS) is 9.95. The Balaban J connectivity index is 2.19. The summed E-state index contributed by atoms with van der Waals surface area (Å²) >= 11 is 0. The first-order valence-corrected chi connectivity index (χ1v) is 5.93. The van der Waals surface area contributed by atoms with Crippen molar-refractivity contribution in [3.8, 4) is 0 Å². The minimum atomic E-state index is -1.47. The lowest BCUT2D eigenvalue weighted by atomic mass is 10.1. The summed E-state index contributed by atoms with van der Waals surface area (Å²) in [5.74, 6) is -2.40. The Morgan fingerprint density at radius 1 is 1.00 bits per heavy atom. The summed E-state index contributed by atoms with van der Waals surface area (Å²) in [5, 5.41) is 13.7.